The van der Waals surface area contributed by atoms with Crippen LogP contribution in [0.2, 0.25) is 0 Å². The van der Waals surface area contributed by atoms with Crippen molar-refractivity contribution < 1.29 is 13.2 Å². The molecule has 132 valence electrons. The number of aliphatic imine (C=N–C) groups is 1. The molecule has 1 aliphatic rings. The molecule has 3 rings (SSSR count). The second-order valence-electron chi connectivity index (χ2n) is 5.60. The summed E-state index contributed by atoms with van der Waals surface area (Å²) in [5, 5.41) is 9.66. The topological polar surface area (TPSA) is 106 Å². The van der Waals surface area contributed by atoms with Crippen molar-refractivity contribution in [1.29, 1.82) is 0 Å². The summed E-state index contributed by atoms with van der Waals surface area (Å²) < 4.78 is 40.4. The Labute approximate surface area is 140 Å². The van der Waals surface area contributed by atoms with Crippen molar-refractivity contribution in [2.24, 2.45) is 10.7 Å². The third-order valence-corrected chi connectivity index (χ3v) is 3.51. The van der Waals surface area contributed by atoms with Crippen LogP contribution in [0.3, 0.4) is 0 Å². The molecule has 0 radical (unpaired) electrons. The maximum atomic E-state index is 12.9. The van der Waals surface area contributed by atoms with Crippen molar-refractivity contribution in [2.45, 2.75) is 25.7 Å². The molecule has 0 saturated heterocycles. The standard InChI is InChI=1S/C14H15F3N8/c1-8-10(6-25(24-8)9-3-19-7-20-4-9)22-12-21-5-11(14(15,16)17)13(2,18)23-12/h3-7H,18H2,1-2H3,(H2,21,22,23). The largest absolute Gasteiger partial charge is 0.417 e. The number of nitrogens with one attached hydrogen (secondary N) is 2. The third kappa shape index (κ3) is 3.45. The van der Waals surface area contributed by atoms with E-state index in [1.807, 2.05) is 0 Å². The number of nitrogens with two attached hydrogens (primary N) is 1. The van der Waals surface area contributed by atoms with Crippen molar-refractivity contribution >= 4 is 11.6 Å². The fraction of sp³-hybridized carbons (Fsp3) is 0.286. The molecule has 2 aromatic heterocycles. The van der Waals surface area contributed by atoms with Gasteiger partial charge in [0.15, 0.2) is 0 Å². The lowest BCUT2D eigenvalue weighted by atomic mass is 10.0. The van der Waals surface area contributed by atoms with Gasteiger partial charge in [0, 0.05) is 6.20 Å². The van der Waals surface area contributed by atoms with Gasteiger partial charge < -0.3 is 16.4 Å². The van der Waals surface area contributed by atoms with Crippen LogP contribution in [-0.4, -0.2) is 37.5 Å². The molecule has 1 aliphatic heterocycles. The van der Waals surface area contributed by atoms with Gasteiger partial charge in [0.05, 0.1) is 35.5 Å². The smallest absolute Gasteiger partial charge is 0.332 e. The number of hydrogen-bond acceptors (Lipinski definition) is 7. The average Bonchev–Trinajstić information content (AvgIpc) is 2.87. The van der Waals surface area contributed by atoms with Crippen LogP contribution >= 0.6 is 0 Å². The van der Waals surface area contributed by atoms with Gasteiger partial charge >= 0.3 is 6.18 Å². The van der Waals surface area contributed by atoms with Crippen molar-refractivity contribution in [1.82, 2.24) is 25.1 Å². The lowest BCUT2D eigenvalue weighted by Crippen LogP contribution is -2.49. The molecule has 25 heavy (non-hydrogen) atoms. The maximum absolute atomic E-state index is 12.9. The zero-order valence-electron chi connectivity index (χ0n) is 13.3. The highest BCUT2D eigenvalue weighted by Gasteiger charge is 2.45. The monoisotopic (exact) mass is 352 g/mol. The fourth-order valence-corrected chi connectivity index (χ4v) is 2.30. The van der Waals surface area contributed by atoms with E-state index in [1.165, 1.54) is 13.3 Å². The minimum Gasteiger partial charge on any atom is -0.332 e. The van der Waals surface area contributed by atoms with E-state index < -0.39 is 17.4 Å². The van der Waals surface area contributed by atoms with Gasteiger partial charge in [-0.1, -0.05) is 0 Å². The summed E-state index contributed by atoms with van der Waals surface area (Å²) in [5.41, 5.74) is 4.63. The molecule has 0 aromatic carbocycles. The van der Waals surface area contributed by atoms with Crippen molar-refractivity contribution in [3.05, 3.63) is 42.4 Å². The summed E-state index contributed by atoms with van der Waals surface area (Å²) in [6.45, 7) is 2.93. The first kappa shape index (κ1) is 16.9. The Bertz CT molecular complexity index is 836. The van der Waals surface area contributed by atoms with E-state index >= 15 is 0 Å². The normalized spacial score (nSPS) is 20.6. The van der Waals surface area contributed by atoms with Crippen molar-refractivity contribution in [2.75, 3.05) is 5.32 Å². The van der Waals surface area contributed by atoms with Gasteiger partial charge in [0.25, 0.3) is 0 Å². The molecule has 3 heterocycles. The minimum atomic E-state index is -4.57. The molecule has 0 amide bonds. The highest BCUT2D eigenvalue weighted by atomic mass is 19.4. The van der Waals surface area contributed by atoms with E-state index in [0.717, 1.165) is 6.20 Å². The number of nitrogens with zero attached hydrogens (tertiary/aromatic N) is 5. The quantitative estimate of drug-likeness (QED) is 0.756. The SMILES string of the molecule is Cc1nn(-c2cncnc2)cc1NC1=NC(C)(N)C(C(F)(F)F)=CN1. The molecule has 0 saturated carbocycles. The second kappa shape index (κ2) is 5.84. The van der Waals surface area contributed by atoms with Crippen LogP contribution in [0.1, 0.15) is 12.6 Å². The third-order valence-electron chi connectivity index (χ3n) is 3.51. The zero-order chi connectivity index (χ0) is 18.2. The van der Waals surface area contributed by atoms with Crippen molar-refractivity contribution in [3.63, 3.8) is 0 Å². The Morgan fingerprint density at radius 2 is 1.96 bits per heavy atom. The molecule has 1 unspecified atom stereocenters. The van der Waals surface area contributed by atoms with Crippen LogP contribution < -0.4 is 16.4 Å². The average molecular weight is 352 g/mol. The van der Waals surface area contributed by atoms with E-state index in [-0.39, 0.29) is 5.96 Å². The Balaban J connectivity index is 1.83. The van der Waals surface area contributed by atoms with Crippen LogP contribution in [-0.2, 0) is 0 Å². The van der Waals surface area contributed by atoms with E-state index in [4.69, 9.17) is 5.73 Å². The van der Waals surface area contributed by atoms with Gasteiger partial charge in [-0.2, -0.15) is 18.3 Å². The lowest BCUT2D eigenvalue weighted by molar-refractivity contribution is -0.100. The van der Waals surface area contributed by atoms with Gasteiger partial charge in [-0.25, -0.2) is 19.6 Å². The number of hydrogen-bond donors (Lipinski definition) is 3. The predicted octanol–water partition coefficient (Wildman–Crippen LogP) is 1.46. The molecule has 0 spiro atoms. The highest BCUT2D eigenvalue weighted by molar-refractivity contribution is 5.95. The molecule has 11 heteroatoms. The van der Waals surface area contributed by atoms with E-state index in [0.29, 0.717) is 17.1 Å². The van der Waals surface area contributed by atoms with Crippen LogP contribution in [0.15, 0.2) is 41.7 Å². The minimum absolute atomic E-state index is 0.0879. The van der Waals surface area contributed by atoms with Crippen LogP contribution in [0, 0.1) is 6.92 Å². The molecule has 4 N–H and O–H groups in total. The molecular weight excluding hydrogens is 337 g/mol. The molecule has 8 nitrogen and oxygen atoms in total. The van der Waals surface area contributed by atoms with E-state index in [9.17, 15) is 13.2 Å². The first-order valence-corrected chi connectivity index (χ1v) is 7.18. The van der Waals surface area contributed by atoms with Gasteiger partial charge in [0.2, 0.25) is 5.96 Å². The van der Waals surface area contributed by atoms with Gasteiger partial charge in [0.1, 0.15) is 17.7 Å². The maximum Gasteiger partial charge on any atom is 0.417 e. The first-order chi connectivity index (χ1) is 11.7. The Hall–Kier alpha value is -2.95. The summed E-state index contributed by atoms with van der Waals surface area (Å²) in [6.07, 6.45) is 2.44. The number of rotatable bonds is 2. The van der Waals surface area contributed by atoms with Crippen molar-refractivity contribution in [3.8, 4) is 5.69 Å². The zero-order valence-corrected chi connectivity index (χ0v) is 13.3. The van der Waals surface area contributed by atoms with Gasteiger partial charge in [-0.15, -0.1) is 0 Å². The molecule has 1 atom stereocenters. The van der Waals surface area contributed by atoms with E-state index in [2.05, 4.69) is 30.7 Å². The molecule has 0 fully saturated rings. The first-order valence-electron chi connectivity index (χ1n) is 7.18. The molecular formula is C14H15F3N8. The molecule has 0 bridgehead atoms. The number of anilines is 1. The molecule has 2 aromatic rings. The Morgan fingerprint density at radius 1 is 1.28 bits per heavy atom. The number of halogens is 3. The summed E-state index contributed by atoms with van der Waals surface area (Å²) >= 11 is 0. The number of alkyl halides is 3. The Kier molecular flexibility index (Phi) is 3.95. The lowest BCUT2D eigenvalue weighted by Gasteiger charge is -2.30. The van der Waals surface area contributed by atoms with Crippen LogP contribution in [0.5, 0.6) is 0 Å². The molecule has 0 aliphatic carbocycles. The summed E-state index contributed by atoms with van der Waals surface area (Å²) in [6, 6.07) is 0. The van der Waals surface area contributed by atoms with Gasteiger partial charge in [-0.05, 0) is 13.8 Å². The van der Waals surface area contributed by atoms with Gasteiger partial charge in [-0.3, -0.25) is 0 Å². The number of guanidine groups is 1. The van der Waals surface area contributed by atoms with E-state index in [1.54, 1.807) is 30.2 Å². The summed E-state index contributed by atoms with van der Waals surface area (Å²) in [4.78, 5) is 11.7. The second-order valence-corrected chi connectivity index (χ2v) is 5.60. The highest BCUT2D eigenvalue weighted by Crippen LogP contribution is 2.34. The Morgan fingerprint density at radius 3 is 2.56 bits per heavy atom. The van der Waals surface area contributed by atoms with Crippen LogP contribution in [0.4, 0.5) is 18.9 Å². The summed E-state index contributed by atoms with van der Waals surface area (Å²) in [5.74, 6) is 0.0879. The fourth-order valence-electron chi connectivity index (χ4n) is 2.30. The number of aryl methyl sites for hydroxylation is 1. The predicted molar refractivity (Wildman–Crippen MR) is 84.8 cm³/mol. The number of aromatic nitrogens is 4. The summed E-state index contributed by atoms with van der Waals surface area (Å²) in [7, 11) is 0. The van der Waals surface area contributed by atoms with Crippen LogP contribution in [0.25, 0.3) is 5.69 Å².